The van der Waals surface area contributed by atoms with Crippen molar-refractivity contribution in [3.8, 4) is 0 Å². The zero-order chi connectivity index (χ0) is 2.71. The molecule has 0 aliphatic heterocycles. The van der Waals surface area contributed by atoms with Gasteiger partial charge in [0.2, 0.25) is 0 Å². The molecule has 0 unspecified atom stereocenters. The Hall–Kier alpha value is 0.170. The topological polar surface area (TPSA) is 74.8 Å². The average molecular weight is 86.5 g/mol. The van der Waals surface area contributed by atoms with Gasteiger partial charge in [0.1, 0.15) is 0 Å². The normalized spacial score (nSPS) is 4.50. The molecule has 3 N–H and O–H groups in total. The van der Waals surface area contributed by atoms with Gasteiger partial charge in [-0.2, -0.15) is 0 Å². The fourth-order valence-electron chi connectivity index (χ4n) is 0. The molecule has 0 spiro atoms. The van der Waals surface area contributed by atoms with Crippen LogP contribution in [0.4, 0.5) is 0 Å². The fraction of sp³-hybridized carbons (Fsp3) is 0. The summed E-state index contributed by atoms with van der Waals surface area (Å²) in [5, 5.41) is 0. The largest absolute Gasteiger partial charge is 0.506 e. The Morgan fingerprint density at radius 3 is 1.75 bits per heavy atom. The molecule has 0 radical (unpaired) electrons. The van der Waals surface area contributed by atoms with Gasteiger partial charge in [-0.3, -0.25) is 0 Å². The van der Waals surface area contributed by atoms with E-state index in [4.69, 9.17) is 9.32 Å². The maximum absolute atomic E-state index is 8.35. The molecule has 0 atom stereocenters. The Morgan fingerprint density at radius 1 is 1.75 bits per heavy atom. The van der Waals surface area contributed by atoms with Gasteiger partial charge in [0.15, 0.2) is 0 Å². The van der Waals surface area contributed by atoms with Crippen LogP contribution in [0.3, 0.4) is 0 Å². The summed E-state index contributed by atoms with van der Waals surface area (Å²) in [6, 6.07) is 0. The molecule has 4 heavy (non-hydrogen) atoms. The zero-order valence-corrected chi connectivity index (χ0v) is 2.49. The lowest BCUT2D eigenvalue weighted by Gasteiger charge is -1.46. The van der Waals surface area contributed by atoms with Crippen LogP contribution in [0.25, 0.3) is 0 Å². The van der Waals surface area contributed by atoms with Crippen molar-refractivity contribution in [1.82, 2.24) is 0 Å². The zero-order valence-electron chi connectivity index (χ0n) is 1.73. The predicted octanol–water partition coefficient (Wildman–Crippen LogP) is -2.57. The third-order valence-electron chi connectivity index (χ3n) is 0. The monoisotopic (exact) mass is 86.0 g/mol. The maximum Gasteiger partial charge on any atom is 0.327 e. The van der Waals surface area contributed by atoms with Gasteiger partial charge in [-0.15, -0.1) is 4.66 Å². The highest BCUT2D eigenvalue weighted by atomic mass is 35.6. The van der Waals surface area contributed by atoms with Crippen LogP contribution in [0.5, 0.6) is 0 Å². The first kappa shape index (κ1) is 8.90. The van der Waals surface area contributed by atoms with Crippen molar-refractivity contribution >= 4 is 0 Å². The van der Waals surface area contributed by atoms with Crippen molar-refractivity contribution in [2.24, 2.45) is 0 Å². The molecule has 0 saturated heterocycles. The van der Waals surface area contributed by atoms with Gasteiger partial charge < -0.3 is 10.1 Å². The minimum Gasteiger partial charge on any atom is -0.506 e. The summed E-state index contributed by atoms with van der Waals surface area (Å²) in [5.41, 5.74) is 0. The van der Waals surface area contributed by atoms with Crippen LogP contribution in [0.2, 0.25) is 0 Å². The summed E-state index contributed by atoms with van der Waals surface area (Å²) in [6.07, 6.45) is 0. The van der Waals surface area contributed by atoms with Gasteiger partial charge in [0.05, 0.1) is 0 Å². The fourth-order valence-corrected chi connectivity index (χ4v) is 0. The van der Waals surface area contributed by atoms with Gasteiger partial charge in [0, 0.05) is 0 Å². The molecule has 0 aromatic carbocycles. The second kappa shape index (κ2) is 10.9. The Morgan fingerprint density at radius 2 is 1.75 bits per heavy atom. The summed E-state index contributed by atoms with van der Waals surface area (Å²) in [5.74, 6) is 0. The molecule has 0 bridgehead atoms. The molecule has 0 fully saturated rings. The van der Waals surface area contributed by atoms with E-state index in [9.17, 15) is 0 Å². The van der Waals surface area contributed by atoms with Crippen molar-refractivity contribution in [3.63, 3.8) is 0 Å². The molecule has 0 aliphatic rings. The molecule has 0 saturated carbocycles. The highest BCUT2D eigenvalue weighted by Crippen LogP contribution is 1.13. The van der Waals surface area contributed by atoms with E-state index in [0.717, 1.165) is 0 Å². The molecule has 3 nitrogen and oxygen atoms in total. The van der Waals surface area contributed by atoms with E-state index < -0.39 is 0 Å². The van der Waals surface area contributed by atoms with E-state index in [2.05, 4.69) is 0 Å². The second-order valence-corrected chi connectivity index (χ2v) is 0.207. The van der Waals surface area contributed by atoms with Gasteiger partial charge in [-0.25, -0.2) is 0 Å². The van der Waals surface area contributed by atoms with Gasteiger partial charge >= 0.3 is 11.3 Å². The van der Waals surface area contributed by atoms with Crippen molar-refractivity contribution in [2.45, 2.75) is 0 Å². The lowest BCUT2D eigenvalue weighted by atomic mass is 15.9. The summed E-state index contributed by atoms with van der Waals surface area (Å²) in [4.78, 5) is 0. The molecule has 0 amide bonds. The first-order valence-electron chi connectivity index (χ1n) is 0.323. The summed E-state index contributed by atoms with van der Waals surface area (Å²) in [6.45, 7) is 0. The SMILES string of the molecule is O.[O-][Cl+]O. The van der Waals surface area contributed by atoms with Gasteiger partial charge in [-0.1, -0.05) is 0 Å². The third-order valence-corrected chi connectivity index (χ3v) is 0. The molecule has 0 heterocycles. The summed E-state index contributed by atoms with van der Waals surface area (Å²) in [7, 11) is 0. The van der Waals surface area contributed by atoms with Crippen LogP contribution >= 0.6 is 0 Å². The van der Waals surface area contributed by atoms with Crippen molar-refractivity contribution in [3.05, 3.63) is 0 Å². The predicted molar refractivity (Wildman–Crippen MR) is 5.83 cm³/mol. The molecular weight excluding hydrogens is 83.5 g/mol. The van der Waals surface area contributed by atoms with Crippen LogP contribution in [-0.2, 0) is 0 Å². The van der Waals surface area contributed by atoms with E-state index in [0.29, 0.717) is 0 Å². The first-order valence-corrected chi connectivity index (χ1v) is 0.970. The molecule has 0 rings (SSSR count). The van der Waals surface area contributed by atoms with Crippen molar-refractivity contribution < 1.29 is 26.1 Å². The Balaban J connectivity index is 0. The summed E-state index contributed by atoms with van der Waals surface area (Å²) < 4.78 is 15.2. The molecule has 0 aromatic heterocycles. The quantitative estimate of drug-likeness (QED) is 0.352. The lowest BCUT2D eigenvalue weighted by Crippen LogP contribution is -1.94. The smallest absolute Gasteiger partial charge is 0.327 e. The van der Waals surface area contributed by atoms with E-state index in [1.807, 2.05) is 0 Å². The highest BCUT2D eigenvalue weighted by molar-refractivity contribution is 1.71. The lowest BCUT2D eigenvalue weighted by molar-refractivity contribution is -1.27. The minimum absolute atomic E-state index is 0. The molecular formula is H3ClO3. The Kier molecular flexibility index (Phi) is 24.3. The second-order valence-electron chi connectivity index (χ2n) is 0.0690. The summed E-state index contributed by atoms with van der Waals surface area (Å²) >= 11 is -0.167. The van der Waals surface area contributed by atoms with Crippen LogP contribution in [0.1, 0.15) is 0 Å². The Labute approximate surface area is 27.2 Å². The molecule has 0 aromatic rings. The standard InChI is InChI=1S/ClHO2.H2O/c2-1-3;/h2H;1H2. The van der Waals surface area contributed by atoms with Crippen LogP contribution in [0.15, 0.2) is 0 Å². The minimum atomic E-state index is -0.167. The van der Waals surface area contributed by atoms with E-state index in [1.54, 1.807) is 0 Å². The van der Waals surface area contributed by atoms with Crippen LogP contribution in [-0.4, -0.2) is 10.1 Å². The molecule has 0 aliphatic carbocycles. The van der Waals surface area contributed by atoms with Crippen LogP contribution in [0, 0.1) is 11.3 Å². The number of hydrogen-bond acceptors (Lipinski definition) is 2. The number of hydrogen-bond donors (Lipinski definition) is 1. The first-order chi connectivity index (χ1) is 1.41. The van der Waals surface area contributed by atoms with Crippen LogP contribution < -0.4 is 4.66 Å². The molecule has 28 valence electrons. The van der Waals surface area contributed by atoms with Crippen molar-refractivity contribution in [2.75, 3.05) is 0 Å². The van der Waals surface area contributed by atoms with Crippen molar-refractivity contribution in [1.29, 1.82) is 0 Å². The average Bonchev–Trinajstić information content (AvgIpc) is 0.918. The number of halogens is 1. The Bertz CT molecular complexity index is 3.25. The third kappa shape index (κ3) is 103. The van der Waals surface area contributed by atoms with Gasteiger partial charge in [0.25, 0.3) is 0 Å². The number of rotatable bonds is 0. The maximum atomic E-state index is 8.35. The van der Waals surface area contributed by atoms with Gasteiger partial charge in [-0.05, 0) is 0 Å². The molecule has 4 heteroatoms. The highest BCUT2D eigenvalue weighted by Gasteiger charge is 1.47. The van der Waals surface area contributed by atoms with E-state index >= 15 is 0 Å². The van der Waals surface area contributed by atoms with E-state index in [-0.39, 0.29) is 16.8 Å². The van der Waals surface area contributed by atoms with E-state index in [1.165, 1.54) is 0 Å².